The molecule has 7 nitrogen and oxygen atoms in total. The van der Waals surface area contributed by atoms with E-state index in [9.17, 15) is 9.59 Å². The molecule has 0 amide bonds. The third-order valence-corrected chi connectivity index (χ3v) is 6.48. The second-order valence-corrected chi connectivity index (χ2v) is 9.01. The number of ether oxygens (including phenoxy) is 2. The van der Waals surface area contributed by atoms with Crippen LogP contribution in [0.3, 0.4) is 0 Å². The summed E-state index contributed by atoms with van der Waals surface area (Å²) in [4.78, 5) is 29.7. The van der Waals surface area contributed by atoms with Gasteiger partial charge in [-0.25, -0.2) is 9.78 Å². The Kier molecular flexibility index (Phi) is 7.23. The Bertz CT molecular complexity index is 1250. The maximum Gasteiger partial charge on any atom is 0.346 e. The van der Waals surface area contributed by atoms with Gasteiger partial charge in [-0.15, -0.1) is 0 Å². The van der Waals surface area contributed by atoms with Crippen molar-refractivity contribution in [1.29, 1.82) is 0 Å². The zero-order valence-electron chi connectivity index (χ0n) is 18.7. The molecule has 0 spiro atoms. The molecule has 1 atom stereocenters. The highest BCUT2D eigenvalue weighted by Crippen LogP contribution is 2.32. The third-order valence-electron chi connectivity index (χ3n) is 5.86. The predicted molar refractivity (Wildman–Crippen MR) is 131 cm³/mol. The highest BCUT2D eigenvalue weighted by molar-refractivity contribution is 9.10. The molecule has 3 aromatic rings. The van der Waals surface area contributed by atoms with Crippen molar-refractivity contribution in [2.75, 3.05) is 7.11 Å². The maximum absolute atomic E-state index is 13.3. The first kappa shape index (κ1) is 23.2. The van der Waals surface area contributed by atoms with Crippen molar-refractivity contribution in [3.05, 3.63) is 68.7 Å². The molecule has 1 fully saturated rings. The van der Waals surface area contributed by atoms with Gasteiger partial charge < -0.3 is 9.47 Å². The van der Waals surface area contributed by atoms with E-state index in [-0.39, 0.29) is 11.5 Å². The molecular formula is C25H26BrN3O4. The van der Waals surface area contributed by atoms with E-state index < -0.39 is 12.1 Å². The summed E-state index contributed by atoms with van der Waals surface area (Å²) in [5.74, 6) is 1.000. The molecule has 2 aromatic carbocycles. The van der Waals surface area contributed by atoms with Crippen LogP contribution in [0.5, 0.6) is 5.75 Å². The summed E-state index contributed by atoms with van der Waals surface area (Å²) in [6.07, 6.45) is 6.42. The first-order chi connectivity index (χ1) is 16.0. The molecule has 1 aliphatic rings. The van der Waals surface area contributed by atoms with Gasteiger partial charge >= 0.3 is 5.97 Å². The molecule has 1 aromatic heterocycles. The molecule has 0 N–H and O–H groups in total. The highest BCUT2D eigenvalue weighted by Gasteiger charge is 2.22. The van der Waals surface area contributed by atoms with Crippen LogP contribution in [0, 0.1) is 0 Å². The van der Waals surface area contributed by atoms with Gasteiger partial charge in [0.25, 0.3) is 5.56 Å². The molecule has 0 saturated heterocycles. The number of hydrogen-bond donors (Lipinski definition) is 0. The van der Waals surface area contributed by atoms with Crippen molar-refractivity contribution >= 4 is 39.0 Å². The van der Waals surface area contributed by atoms with Gasteiger partial charge in [-0.05, 0) is 71.6 Å². The van der Waals surface area contributed by atoms with Crippen LogP contribution < -0.4 is 10.3 Å². The fourth-order valence-electron chi connectivity index (χ4n) is 4.10. The van der Waals surface area contributed by atoms with E-state index in [1.165, 1.54) is 18.2 Å². The van der Waals surface area contributed by atoms with Gasteiger partial charge in [0.1, 0.15) is 11.6 Å². The van der Waals surface area contributed by atoms with Gasteiger partial charge in [-0.2, -0.15) is 9.78 Å². The SMILES string of the molecule is COC(=O)[C@H](C)Oc1ccc(C=Nn2c(C3CCCCC3)nc3ccccc3c2=O)cc1Br. The molecule has 1 heterocycles. The molecule has 4 rings (SSSR count). The van der Waals surface area contributed by atoms with Crippen LogP contribution in [-0.2, 0) is 9.53 Å². The van der Waals surface area contributed by atoms with E-state index in [1.54, 1.807) is 25.3 Å². The molecule has 8 heteroatoms. The van der Waals surface area contributed by atoms with Crippen molar-refractivity contribution in [1.82, 2.24) is 9.66 Å². The number of carbonyl (C=O) groups excluding carboxylic acids is 1. The normalized spacial score (nSPS) is 15.6. The van der Waals surface area contributed by atoms with Crippen LogP contribution in [-0.4, -0.2) is 35.1 Å². The summed E-state index contributed by atoms with van der Waals surface area (Å²) in [7, 11) is 1.32. The molecule has 1 saturated carbocycles. The number of carbonyl (C=O) groups is 1. The Balaban J connectivity index is 1.67. The number of halogens is 1. The van der Waals surface area contributed by atoms with E-state index in [1.807, 2.05) is 30.3 Å². The molecule has 1 aliphatic carbocycles. The summed E-state index contributed by atoms with van der Waals surface area (Å²) in [6, 6.07) is 12.8. The Morgan fingerprint density at radius 2 is 1.97 bits per heavy atom. The summed E-state index contributed by atoms with van der Waals surface area (Å²) >= 11 is 3.48. The monoisotopic (exact) mass is 511 g/mol. The number of benzene rings is 2. The Morgan fingerprint density at radius 1 is 1.21 bits per heavy atom. The highest BCUT2D eigenvalue weighted by atomic mass is 79.9. The number of aromatic nitrogens is 2. The third kappa shape index (κ3) is 5.16. The van der Waals surface area contributed by atoms with Crippen LogP contribution in [0.4, 0.5) is 0 Å². The van der Waals surface area contributed by atoms with Crippen LogP contribution >= 0.6 is 15.9 Å². The van der Waals surface area contributed by atoms with Crippen molar-refractivity contribution in [2.24, 2.45) is 5.10 Å². The number of nitrogens with zero attached hydrogens (tertiary/aromatic N) is 3. The van der Waals surface area contributed by atoms with E-state index in [4.69, 9.17) is 14.5 Å². The minimum atomic E-state index is -0.730. The van der Waals surface area contributed by atoms with Crippen molar-refractivity contribution in [3.63, 3.8) is 0 Å². The Labute approximate surface area is 200 Å². The lowest BCUT2D eigenvalue weighted by Gasteiger charge is -2.22. The molecule has 33 heavy (non-hydrogen) atoms. The van der Waals surface area contributed by atoms with Gasteiger partial charge in [0.15, 0.2) is 6.10 Å². The molecule has 172 valence electrons. The van der Waals surface area contributed by atoms with Crippen LogP contribution in [0.15, 0.2) is 56.8 Å². The average Bonchev–Trinajstić information content (AvgIpc) is 2.84. The van der Waals surface area contributed by atoms with Gasteiger partial charge in [0.05, 0.1) is 28.7 Å². The molecular weight excluding hydrogens is 486 g/mol. The summed E-state index contributed by atoms with van der Waals surface area (Å²) in [5.41, 5.74) is 1.32. The average molecular weight is 512 g/mol. The van der Waals surface area contributed by atoms with Crippen molar-refractivity contribution < 1.29 is 14.3 Å². The quantitative estimate of drug-likeness (QED) is 0.342. The van der Waals surface area contributed by atoms with Crippen LogP contribution in [0.2, 0.25) is 0 Å². The summed E-state index contributed by atoms with van der Waals surface area (Å²) in [5, 5.41) is 5.11. The zero-order valence-corrected chi connectivity index (χ0v) is 20.2. The maximum atomic E-state index is 13.3. The molecule has 0 aliphatic heterocycles. The Hall–Kier alpha value is -3.00. The van der Waals surface area contributed by atoms with Crippen molar-refractivity contribution in [3.8, 4) is 5.75 Å². The second kappa shape index (κ2) is 10.3. The Morgan fingerprint density at radius 3 is 2.70 bits per heavy atom. The van der Waals surface area contributed by atoms with Crippen LogP contribution in [0.1, 0.15) is 56.3 Å². The standard InChI is InChI=1S/C25H26BrN3O4/c1-16(25(31)32-2)33-22-13-12-17(14-20(22)26)15-27-29-23(18-8-4-3-5-9-18)28-21-11-7-6-10-19(21)24(29)30/h6-7,10-16,18H,3-5,8-9H2,1-2H3/t16-/m0/s1. The second-order valence-electron chi connectivity index (χ2n) is 8.16. The number of para-hydroxylation sites is 1. The lowest BCUT2D eigenvalue weighted by atomic mass is 9.88. The van der Waals surface area contributed by atoms with Crippen molar-refractivity contribution in [2.45, 2.75) is 51.0 Å². The number of fused-ring (bicyclic) bond motifs is 1. The minimum Gasteiger partial charge on any atom is -0.478 e. The lowest BCUT2D eigenvalue weighted by Crippen LogP contribution is -2.25. The lowest BCUT2D eigenvalue weighted by molar-refractivity contribution is -0.147. The number of methoxy groups -OCH3 is 1. The molecule has 0 radical (unpaired) electrons. The smallest absolute Gasteiger partial charge is 0.346 e. The summed E-state index contributed by atoms with van der Waals surface area (Å²) in [6.45, 7) is 1.62. The van der Waals surface area contributed by atoms with Gasteiger partial charge in [-0.3, -0.25) is 4.79 Å². The number of esters is 1. The van der Waals surface area contributed by atoms with Gasteiger partial charge in [0.2, 0.25) is 0 Å². The minimum absolute atomic E-state index is 0.164. The largest absolute Gasteiger partial charge is 0.478 e. The topological polar surface area (TPSA) is 82.8 Å². The fraction of sp³-hybridized carbons (Fsp3) is 0.360. The van der Waals surface area contributed by atoms with E-state index in [0.29, 0.717) is 21.1 Å². The molecule has 0 bridgehead atoms. The van der Waals surface area contributed by atoms with Gasteiger partial charge in [-0.1, -0.05) is 31.4 Å². The van der Waals surface area contributed by atoms with E-state index >= 15 is 0 Å². The summed E-state index contributed by atoms with van der Waals surface area (Å²) < 4.78 is 12.5. The first-order valence-electron chi connectivity index (χ1n) is 11.1. The zero-order chi connectivity index (χ0) is 23.4. The number of hydrogen-bond acceptors (Lipinski definition) is 6. The van der Waals surface area contributed by atoms with Crippen LogP contribution in [0.25, 0.3) is 10.9 Å². The number of rotatable bonds is 6. The fourth-order valence-corrected chi connectivity index (χ4v) is 4.59. The predicted octanol–water partition coefficient (Wildman–Crippen LogP) is 5.03. The van der Waals surface area contributed by atoms with E-state index in [2.05, 4.69) is 21.0 Å². The van der Waals surface area contributed by atoms with Gasteiger partial charge in [0, 0.05) is 5.92 Å². The van der Waals surface area contributed by atoms with E-state index in [0.717, 1.165) is 37.1 Å². The molecule has 0 unspecified atom stereocenters. The first-order valence-corrected chi connectivity index (χ1v) is 11.9.